The topological polar surface area (TPSA) is 55.6 Å². The van der Waals surface area contributed by atoms with Crippen molar-refractivity contribution in [2.45, 2.75) is 88.5 Å². The average Bonchev–Trinajstić information content (AvgIpc) is 3.19. The summed E-state index contributed by atoms with van der Waals surface area (Å²) in [6.45, 7) is 0.949. The predicted molar refractivity (Wildman–Crippen MR) is 105 cm³/mol. The van der Waals surface area contributed by atoms with Crippen LogP contribution in [0.4, 0.5) is 0 Å². The van der Waals surface area contributed by atoms with Gasteiger partial charge in [0.1, 0.15) is 6.23 Å². The van der Waals surface area contributed by atoms with Crippen LogP contribution in [-0.4, -0.2) is 35.7 Å². The lowest BCUT2D eigenvalue weighted by molar-refractivity contribution is -0.130. The number of hydrogen-bond acceptors (Lipinski definition) is 3. The molecule has 1 spiro atoms. The third-order valence-electron chi connectivity index (χ3n) is 7.83. The molecule has 1 aromatic carbocycles. The number of aryl methyl sites for hydroxylation is 1. The second kappa shape index (κ2) is 6.89. The van der Waals surface area contributed by atoms with Gasteiger partial charge in [-0.05, 0) is 67.9 Å². The summed E-state index contributed by atoms with van der Waals surface area (Å²) in [6.07, 6.45) is 11.9. The lowest BCUT2D eigenvalue weighted by Gasteiger charge is -2.34. The Morgan fingerprint density at radius 1 is 1.11 bits per heavy atom. The van der Waals surface area contributed by atoms with Gasteiger partial charge < -0.3 is 10.5 Å². The molecule has 4 heteroatoms. The molecule has 4 nitrogen and oxygen atoms in total. The summed E-state index contributed by atoms with van der Waals surface area (Å²) in [6, 6.07) is 8.81. The third kappa shape index (κ3) is 2.92. The van der Waals surface area contributed by atoms with Crippen LogP contribution in [0.25, 0.3) is 0 Å². The Morgan fingerprint density at radius 2 is 1.93 bits per heavy atom. The minimum Gasteiger partial charge on any atom is -0.368 e. The van der Waals surface area contributed by atoms with E-state index >= 15 is 0 Å². The molecule has 0 radical (unpaired) electrons. The number of hydrogen-bond donors (Lipinski definition) is 1. The monoisotopic (exact) mass is 368 g/mol. The Kier molecular flexibility index (Phi) is 4.52. The molecule has 3 fully saturated rings. The van der Waals surface area contributed by atoms with Gasteiger partial charge in [-0.1, -0.05) is 37.1 Å². The molecule has 27 heavy (non-hydrogen) atoms. The highest BCUT2D eigenvalue weighted by molar-refractivity contribution is 5.81. The van der Waals surface area contributed by atoms with E-state index in [9.17, 15) is 4.79 Å². The van der Waals surface area contributed by atoms with Crippen molar-refractivity contribution >= 4 is 5.91 Å². The van der Waals surface area contributed by atoms with Gasteiger partial charge in [0.25, 0.3) is 0 Å². The maximum Gasteiger partial charge on any atom is 0.235 e. The highest BCUT2D eigenvalue weighted by Gasteiger charge is 2.57. The number of nitrogens with two attached hydrogens (primary N) is 1. The van der Waals surface area contributed by atoms with E-state index in [0.717, 1.165) is 38.6 Å². The van der Waals surface area contributed by atoms with Crippen molar-refractivity contribution in [3.05, 3.63) is 35.4 Å². The molecule has 146 valence electrons. The third-order valence-corrected chi connectivity index (χ3v) is 7.83. The van der Waals surface area contributed by atoms with Crippen LogP contribution in [0.15, 0.2) is 24.3 Å². The van der Waals surface area contributed by atoms with Gasteiger partial charge in [-0.25, -0.2) is 0 Å². The summed E-state index contributed by atoms with van der Waals surface area (Å²) in [5.41, 5.74) is 9.00. The first-order chi connectivity index (χ1) is 13.2. The average molecular weight is 369 g/mol. The molecule has 0 aromatic heterocycles. The summed E-state index contributed by atoms with van der Waals surface area (Å²) in [7, 11) is 0. The van der Waals surface area contributed by atoms with Crippen molar-refractivity contribution in [3.63, 3.8) is 0 Å². The minimum absolute atomic E-state index is 0.0715. The Labute approximate surface area is 162 Å². The smallest absolute Gasteiger partial charge is 0.235 e. The van der Waals surface area contributed by atoms with Crippen molar-refractivity contribution in [1.29, 1.82) is 0 Å². The number of nitrogens with zero attached hydrogens (tertiary/aromatic N) is 1. The molecule has 2 aliphatic heterocycles. The van der Waals surface area contributed by atoms with Crippen LogP contribution in [0.1, 0.15) is 74.8 Å². The van der Waals surface area contributed by atoms with Gasteiger partial charge in [-0.15, -0.1) is 0 Å². The number of fused-ring (bicyclic) bond motifs is 2. The van der Waals surface area contributed by atoms with E-state index in [1.54, 1.807) is 0 Å². The number of carbonyl (C=O) groups excluding carboxylic acids is 1. The highest BCUT2D eigenvalue weighted by Crippen LogP contribution is 2.53. The molecule has 2 N–H and O–H groups in total. The summed E-state index contributed by atoms with van der Waals surface area (Å²) in [5, 5.41) is 0. The van der Waals surface area contributed by atoms with Crippen molar-refractivity contribution < 1.29 is 9.53 Å². The Balaban J connectivity index is 1.42. The number of benzene rings is 1. The number of primary amides is 1. The van der Waals surface area contributed by atoms with Crippen LogP contribution in [0.3, 0.4) is 0 Å². The van der Waals surface area contributed by atoms with Gasteiger partial charge in [0.05, 0.1) is 12.1 Å². The van der Waals surface area contributed by atoms with E-state index in [4.69, 9.17) is 10.5 Å². The minimum atomic E-state index is -0.135. The van der Waals surface area contributed by atoms with Crippen molar-refractivity contribution in [1.82, 2.24) is 4.90 Å². The summed E-state index contributed by atoms with van der Waals surface area (Å²) in [5.74, 6) is 0.367. The largest absolute Gasteiger partial charge is 0.368 e. The fraction of sp³-hybridized carbons (Fsp3) is 0.696. The summed E-state index contributed by atoms with van der Waals surface area (Å²) in [4.78, 5) is 14.7. The fourth-order valence-electron chi connectivity index (χ4n) is 6.73. The molecular formula is C23H32N2O2. The van der Waals surface area contributed by atoms with E-state index in [-0.39, 0.29) is 29.7 Å². The van der Waals surface area contributed by atoms with Crippen molar-refractivity contribution in [2.75, 3.05) is 6.54 Å². The molecule has 1 saturated carbocycles. The normalized spacial score (nSPS) is 35.6. The van der Waals surface area contributed by atoms with Crippen LogP contribution in [-0.2, 0) is 16.0 Å². The molecule has 1 amide bonds. The first-order valence-electron chi connectivity index (χ1n) is 11.0. The van der Waals surface area contributed by atoms with Crippen LogP contribution in [0, 0.1) is 5.41 Å². The van der Waals surface area contributed by atoms with Crippen LogP contribution >= 0.6 is 0 Å². The lowest BCUT2D eigenvalue weighted by atomic mass is 9.77. The quantitative estimate of drug-likeness (QED) is 0.865. The predicted octanol–water partition coefficient (Wildman–Crippen LogP) is 3.73. The van der Waals surface area contributed by atoms with Gasteiger partial charge in [0.2, 0.25) is 5.91 Å². The second-order valence-corrected chi connectivity index (χ2v) is 9.29. The number of ether oxygens (including phenoxy) is 1. The van der Waals surface area contributed by atoms with Crippen LogP contribution in [0.5, 0.6) is 0 Å². The number of amides is 1. The van der Waals surface area contributed by atoms with E-state index in [0.29, 0.717) is 5.92 Å². The van der Waals surface area contributed by atoms with Crippen molar-refractivity contribution in [2.24, 2.45) is 11.1 Å². The molecule has 2 saturated heterocycles. The van der Waals surface area contributed by atoms with E-state index in [1.807, 2.05) is 0 Å². The Bertz CT molecular complexity index is 712. The second-order valence-electron chi connectivity index (χ2n) is 9.29. The van der Waals surface area contributed by atoms with E-state index < -0.39 is 0 Å². The molecule has 4 aliphatic rings. The fourth-order valence-corrected chi connectivity index (χ4v) is 6.73. The first-order valence-corrected chi connectivity index (χ1v) is 11.0. The van der Waals surface area contributed by atoms with Crippen molar-refractivity contribution in [3.8, 4) is 0 Å². The van der Waals surface area contributed by atoms with Gasteiger partial charge >= 0.3 is 0 Å². The zero-order valence-corrected chi connectivity index (χ0v) is 16.2. The molecule has 3 unspecified atom stereocenters. The molecule has 5 rings (SSSR count). The van der Waals surface area contributed by atoms with Gasteiger partial charge in [0, 0.05) is 12.5 Å². The van der Waals surface area contributed by atoms with Gasteiger partial charge in [-0.3, -0.25) is 9.69 Å². The summed E-state index contributed by atoms with van der Waals surface area (Å²) < 4.78 is 6.82. The molecule has 2 aliphatic carbocycles. The number of carbonyl (C=O) groups is 1. The maximum absolute atomic E-state index is 12.4. The number of rotatable bonds is 2. The van der Waals surface area contributed by atoms with Gasteiger partial charge in [0.15, 0.2) is 0 Å². The van der Waals surface area contributed by atoms with E-state index in [2.05, 4.69) is 29.2 Å². The van der Waals surface area contributed by atoms with E-state index in [1.165, 1.54) is 43.2 Å². The SMILES string of the molecule is NC(=O)C1N2CCCC([C@@H]3CCCc4ccccc43)OC2CC12CCCC2. The first kappa shape index (κ1) is 17.7. The molecule has 1 aromatic rings. The molecular weight excluding hydrogens is 336 g/mol. The lowest BCUT2D eigenvalue weighted by Crippen LogP contribution is -2.49. The van der Waals surface area contributed by atoms with Crippen LogP contribution < -0.4 is 5.73 Å². The standard InChI is InChI=1S/C23H32N2O2/c24-22(26)21-23(12-3-4-13-23)15-20-25(21)14-6-11-19(27-20)18-10-5-8-16-7-1-2-9-17(16)18/h1-2,7,9,18-21H,3-6,8,10-15H2,(H2,24,26)/t18-,19?,20?,21?/m1/s1. The zero-order valence-electron chi connectivity index (χ0n) is 16.2. The van der Waals surface area contributed by atoms with Gasteiger partial charge in [-0.2, -0.15) is 0 Å². The van der Waals surface area contributed by atoms with Crippen LogP contribution in [0.2, 0.25) is 0 Å². The molecule has 0 bridgehead atoms. The highest BCUT2D eigenvalue weighted by atomic mass is 16.5. The molecule has 2 heterocycles. The summed E-state index contributed by atoms with van der Waals surface area (Å²) >= 11 is 0. The Morgan fingerprint density at radius 3 is 2.74 bits per heavy atom. The molecule has 4 atom stereocenters. The Hall–Kier alpha value is -1.39. The zero-order chi connectivity index (χ0) is 18.4. The maximum atomic E-state index is 12.4.